The van der Waals surface area contributed by atoms with Crippen molar-refractivity contribution >= 4 is 11.8 Å². The Morgan fingerprint density at radius 1 is 1.29 bits per heavy atom. The summed E-state index contributed by atoms with van der Waals surface area (Å²) in [4.78, 5) is 18.1. The van der Waals surface area contributed by atoms with E-state index in [2.05, 4.69) is 4.98 Å². The van der Waals surface area contributed by atoms with Crippen molar-refractivity contribution in [3.05, 3.63) is 42.5 Å². The molecule has 5 heteroatoms. The first kappa shape index (κ1) is 13.7. The third-order valence-corrected chi connectivity index (χ3v) is 3.40. The quantitative estimate of drug-likeness (QED) is 0.808. The van der Waals surface area contributed by atoms with Gasteiger partial charge in [-0.3, -0.25) is 4.90 Å². The number of carbonyl (C=O) groups excluding carboxylic acids is 1. The number of imidazole rings is 1. The molecule has 0 radical (unpaired) electrons. The largest absolute Gasteiger partial charge is 0.443 e. The van der Waals surface area contributed by atoms with Crippen molar-refractivity contribution in [2.45, 2.75) is 32.8 Å². The Hall–Kier alpha value is -2.30. The zero-order valence-corrected chi connectivity index (χ0v) is 12.5. The van der Waals surface area contributed by atoms with Crippen molar-refractivity contribution < 1.29 is 9.53 Å². The molecule has 21 heavy (non-hydrogen) atoms. The summed E-state index contributed by atoms with van der Waals surface area (Å²) in [7, 11) is 0. The summed E-state index contributed by atoms with van der Waals surface area (Å²) < 4.78 is 7.45. The van der Waals surface area contributed by atoms with Crippen molar-refractivity contribution in [1.29, 1.82) is 0 Å². The normalized spacial score (nSPS) is 14.1. The fourth-order valence-corrected chi connectivity index (χ4v) is 2.57. The van der Waals surface area contributed by atoms with Crippen LogP contribution in [0, 0.1) is 0 Å². The van der Waals surface area contributed by atoms with Crippen molar-refractivity contribution in [3.63, 3.8) is 0 Å². The van der Waals surface area contributed by atoms with Crippen molar-refractivity contribution in [1.82, 2.24) is 9.55 Å². The molecule has 0 spiro atoms. The molecular formula is C16H19N3O2. The van der Waals surface area contributed by atoms with Crippen LogP contribution in [-0.2, 0) is 11.2 Å². The zero-order valence-electron chi connectivity index (χ0n) is 12.5. The molecule has 110 valence electrons. The number of fused-ring (bicyclic) bond motifs is 1. The first-order valence-electron chi connectivity index (χ1n) is 7.06. The molecule has 2 aromatic rings. The Bertz CT molecular complexity index is 657. The summed E-state index contributed by atoms with van der Waals surface area (Å²) in [6, 6.07) is 5.96. The zero-order chi connectivity index (χ0) is 15.0. The first-order valence-corrected chi connectivity index (χ1v) is 7.06. The third-order valence-electron chi connectivity index (χ3n) is 3.40. The van der Waals surface area contributed by atoms with Gasteiger partial charge in [0, 0.05) is 24.5 Å². The standard InChI is InChI=1S/C16H19N3O2/c1-16(2,3)21-15(20)19-9-7-12-13(5-4-6-14(12)19)18-10-8-17-11-18/h4-6,8,10-11H,7,9H2,1-3H3. The second kappa shape index (κ2) is 4.91. The Balaban J connectivity index is 1.93. The second-order valence-electron chi connectivity index (χ2n) is 6.13. The number of ether oxygens (including phenoxy) is 1. The van der Waals surface area contributed by atoms with Gasteiger partial charge in [0.25, 0.3) is 0 Å². The van der Waals surface area contributed by atoms with E-state index in [1.807, 2.05) is 49.7 Å². The number of hydrogen-bond acceptors (Lipinski definition) is 3. The van der Waals surface area contributed by atoms with Crippen LogP contribution in [0.1, 0.15) is 26.3 Å². The molecular weight excluding hydrogens is 266 g/mol. The summed E-state index contributed by atoms with van der Waals surface area (Å²) in [5.41, 5.74) is 2.66. The predicted octanol–water partition coefficient (Wildman–Crippen LogP) is 3.17. The van der Waals surface area contributed by atoms with Crippen molar-refractivity contribution in [2.75, 3.05) is 11.4 Å². The van der Waals surface area contributed by atoms with Crippen LogP contribution in [0.2, 0.25) is 0 Å². The van der Waals surface area contributed by atoms with E-state index in [0.29, 0.717) is 6.54 Å². The van der Waals surface area contributed by atoms with E-state index in [4.69, 9.17) is 4.74 Å². The fourth-order valence-electron chi connectivity index (χ4n) is 2.57. The Kier molecular flexibility index (Phi) is 3.20. The minimum atomic E-state index is -0.484. The number of hydrogen-bond donors (Lipinski definition) is 0. The van der Waals surface area contributed by atoms with Gasteiger partial charge in [0.1, 0.15) is 5.60 Å². The van der Waals surface area contributed by atoms with Crippen LogP contribution in [0.25, 0.3) is 5.69 Å². The molecule has 5 nitrogen and oxygen atoms in total. The van der Waals surface area contributed by atoms with Gasteiger partial charge in [-0.25, -0.2) is 9.78 Å². The van der Waals surface area contributed by atoms with Gasteiger partial charge in [-0.1, -0.05) is 6.07 Å². The molecule has 0 fully saturated rings. The molecule has 2 heterocycles. The second-order valence-corrected chi connectivity index (χ2v) is 6.13. The van der Waals surface area contributed by atoms with E-state index < -0.39 is 5.60 Å². The summed E-state index contributed by atoms with van der Waals surface area (Å²) in [5.74, 6) is 0. The minimum Gasteiger partial charge on any atom is -0.443 e. The van der Waals surface area contributed by atoms with E-state index in [9.17, 15) is 4.79 Å². The lowest BCUT2D eigenvalue weighted by Crippen LogP contribution is -2.35. The number of nitrogens with zero attached hydrogens (tertiary/aromatic N) is 3. The Morgan fingerprint density at radius 2 is 2.05 bits per heavy atom. The van der Waals surface area contributed by atoms with Gasteiger partial charge in [-0.15, -0.1) is 0 Å². The highest BCUT2D eigenvalue weighted by atomic mass is 16.6. The summed E-state index contributed by atoms with van der Waals surface area (Å²) in [6.45, 7) is 6.29. The third kappa shape index (κ3) is 2.63. The SMILES string of the molecule is CC(C)(C)OC(=O)N1CCc2c1cccc2-n1ccnc1. The van der Waals surface area contributed by atoms with Crippen LogP contribution in [-0.4, -0.2) is 27.8 Å². The maximum Gasteiger partial charge on any atom is 0.414 e. The molecule has 1 aromatic carbocycles. The van der Waals surface area contributed by atoms with E-state index in [1.54, 1.807) is 17.4 Å². The van der Waals surface area contributed by atoms with Gasteiger partial charge in [0.2, 0.25) is 0 Å². The van der Waals surface area contributed by atoms with Gasteiger partial charge < -0.3 is 9.30 Å². The van der Waals surface area contributed by atoms with Crippen LogP contribution >= 0.6 is 0 Å². The number of aromatic nitrogens is 2. The average molecular weight is 285 g/mol. The van der Waals surface area contributed by atoms with E-state index in [-0.39, 0.29) is 6.09 Å². The predicted molar refractivity (Wildman–Crippen MR) is 80.8 cm³/mol. The van der Waals surface area contributed by atoms with Gasteiger partial charge in [0.15, 0.2) is 0 Å². The topological polar surface area (TPSA) is 47.4 Å². The molecule has 1 amide bonds. The number of anilines is 1. The van der Waals surface area contributed by atoms with E-state index in [1.165, 1.54) is 0 Å². The van der Waals surface area contributed by atoms with Gasteiger partial charge >= 0.3 is 6.09 Å². The van der Waals surface area contributed by atoms with Crippen LogP contribution < -0.4 is 4.90 Å². The molecule has 0 aliphatic carbocycles. The minimum absolute atomic E-state index is 0.288. The van der Waals surface area contributed by atoms with E-state index in [0.717, 1.165) is 23.4 Å². The highest BCUT2D eigenvalue weighted by Gasteiger charge is 2.30. The number of amides is 1. The maximum absolute atomic E-state index is 12.3. The van der Waals surface area contributed by atoms with Gasteiger partial charge in [-0.05, 0) is 39.3 Å². The lowest BCUT2D eigenvalue weighted by molar-refractivity contribution is 0.0584. The molecule has 1 aliphatic heterocycles. The average Bonchev–Trinajstić information content (AvgIpc) is 3.05. The molecule has 0 saturated heterocycles. The first-order chi connectivity index (χ1) is 9.96. The summed E-state index contributed by atoms with van der Waals surface area (Å²) in [6.07, 6.45) is 5.96. The molecule has 1 aromatic heterocycles. The van der Waals surface area contributed by atoms with Crippen molar-refractivity contribution in [3.8, 4) is 5.69 Å². The molecule has 0 bridgehead atoms. The summed E-state index contributed by atoms with van der Waals surface area (Å²) >= 11 is 0. The Morgan fingerprint density at radius 3 is 2.71 bits per heavy atom. The molecule has 3 rings (SSSR count). The molecule has 0 atom stereocenters. The molecule has 0 unspecified atom stereocenters. The highest BCUT2D eigenvalue weighted by Crippen LogP contribution is 2.33. The fraction of sp³-hybridized carbons (Fsp3) is 0.375. The maximum atomic E-state index is 12.3. The number of benzene rings is 1. The van der Waals surface area contributed by atoms with Gasteiger partial charge in [-0.2, -0.15) is 0 Å². The smallest absolute Gasteiger partial charge is 0.414 e. The molecule has 1 aliphatic rings. The van der Waals surface area contributed by atoms with Crippen LogP contribution in [0.4, 0.5) is 10.5 Å². The molecule has 0 N–H and O–H groups in total. The lowest BCUT2D eigenvalue weighted by Gasteiger charge is -2.24. The van der Waals surface area contributed by atoms with Crippen molar-refractivity contribution in [2.24, 2.45) is 0 Å². The Labute approximate surface area is 124 Å². The monoisotopic (exact) mass is 285 g/mol. The van der Waals surface area contributed by atoms with Gasteiger partial charge in [0.05, 0.1) is 17.7 Å². The van der Waals surface area contributed by atoms with Crippen LogP contribution in [0.3, 0.4) is 0 Å². The highest BCUT2D eigenvalue weighted by molar-refractivity contribution is 5.91. The number of carbonyl (C=O) groups is 1. The van der Waals surface area contributed by atoms with Crippen LogP contribution in [0.5, 0.6) is 0 Å². The van der Waals surface area contributed by atoms with E-state index >= 15 is 0 Å². The molecule has 0 saturated carbocycles. The van der Waals surface area contributed by atoms with Crippen LogP contribution in [0.15, 0.2) is 36.9 Å². The summed E-state index contributed by atoms with van der Waals surface area (Å²) in [5, 5.41) is 0. The lowest BCUT2D eigenvalue weighted by atomic mass is 10.1. The number of rotatable bonds is 1.